The van der Waals surface area contributed by atoms with Gasteiger partial charge in [0.25, 0.3) is 5.91 Å². The number of halogens is 1. The van der Waals surface area contributed by atoms with E-state index in [2.05, 4.69) is 26.2 Å². The lowest BCUT2D eigenvalue weighted by molar-refractivity contribution is 0.0930. The summed E-state index contributed by atoms with van der Waals surface area (Å²) in [5.41, 5.74) is 0.0433. The lowest BCUT2D eigenvalue weighted by atomic mass is 10.1. The Morgan fingerprint density at radius 2 is 2.31 bits per heavy atom. The standard InChI is InChI=1S/C11H15BrN2O2/c1-2-8(6-7-12)13-11(16)9-4-3-5-10(15)14-9/h3-5,8H,2,6-7H2,1H3,(H,13,16)(H,14,15). The van der Waals surface area contributed by atoms with Gasteiger partial charge in [-0.3, -0.25) is 9.59 Å². The van der Waals surface area contributed by atoms with Crippen molar-refractivity contribution in [3.8, 4) is 0 Å². The molecule has 1 heterocycles. The highest BCUT2D eigenvalue weighted by molar-refractivity contribution is 9.09. The van der Waals surface area contributed by atoms with Crippen LogP contribution in [0.4, 0.5) is 0 Å². The molecule has 0 aliphatic heterocycles. The van der Waals surface area contributed by atoms with Crippen LogP contribution in [0, 0.1) is 0 Å². The van der Waals surface area contributed by atoms with Crippen LogP contribution in [0.25, 0.3) is 0 Å². The Kier molecular flexibility index (Phi) is 5.25. The van der Waals surface area contributed by atoms with Gasteiger partial charge in [-0.1, -0.05) is 28.9 Å². The fourth-order valence-corrected chi connectivity index (χ4v) is 1.91. The molecule has 0 aliphatic rings. The number of carbonyl (C=O) groups excluding carboxylic acids is 1. The normalized spacial score (nSPS) is 12.1. The van der Waals surface area contributed by atoms with Crippen molar-refractivity contribution in [3.05, 3.63) is 34.2 Å². The maximum Gasteiger partial charge on any atom is 0.268 e. The van der Waals surface area contributed by atoms with Crippen molar-refractivity contribution >= 4 is 21.8 Å². The zero-order valence-corrected chi connectivity index (χ0v) is 10.7. The molecule has 0 aliphatic carbocycles. The summed E-state index contributed by atoms with van der Waals surface area (Å²) in [4.78, 5) is 25.3. The molecule has 0 fully saturated rings. The number of rotatable bonds is 5. The summed E-state index contributed by atoms with van der Waals surface area (Å²) in [5, 5.41) is 3.72. The Hall–Kier alpha value is -1.10. The van der Waals surface area contributed by atoms with Gasteiger partial charge in [-0.15, -0.1) is 0 Å². The average Bonchev–Trinajstić information content (AvgIpc) is 2.28. The molecule has 0 saturated carbocycles. The molecule has 0 radical (unpaired) electrons. The molecule has 16 heavy (non-hydrogen) atoms. The van der Waals surface area contributed by atoms with Crippen molar-refractivity contribution in [2.75, 3.05) is 5.33 Å². The maximum atomic E-state index is 11.7. The Bertz CT molecular complexity index is 403. The Morgan fingerprint density at radius 1 is 1.56 bits per heavy atom. The van der Waals surface area contributed by atoms with Crippen LogP contribution in [0.5, 0.6) is 0 Å². The predicted octanol–water partition coefficient (Wildman–Crippen LogP) is 1.67. The van der Waals surface area contributed by atoms with E-state index < -0.39 is 0 Å². The molecule has 0 aromatic carbocycles. The molecule has 1 unspecified atom stereocenters. The maximum absolute atomic E-state index is 11.7. The second kappa shape index (κ2) is 6.48. The number of H-pyrrole nitrogens is 1. The number of hydrogen-bond donors (Lipinski definition) is 2. The number of carbonyl (C=O) groups is 1. The topological polar surface area (TPSA) is 62.0 Å². The van der Waals surface area contributed by atoms with Crippen LogP contribution in [-0.2, 0) is 0 Å². The zero-order chi connectivity index (χ0) is 12.0. The number of hydrogen-bond acceptors (Lipinski definition) is 2. The molecule has 0 spiro atoms. The summed E-state index contributed by atoms with van der Waals surface area (Å²) < 4.78 is 0. The third kappa shape index (κ3) is 3.81. The van der Waals surface area contributed by atoms with E-state index in [4.69, 9.17) is 0 Å². The van der Waals surface area contributed by atoms with E-state index in [-0.39, 0.29) is 17.5 Å². The Balaban J connectivity index is 2.67. The number of nitrogens with one attached hydrogen (secondary N) is 2. The summed E-state index contributed by atoms with van der Waals surface area (Å²) in [5.74, 6) is -0.231. The van der Waals surface area contributed by atoms with Crippen molar-refractivity contribution in [2.45, 2.75) is 25.8 Å². The molecule has 2 N–H and O–H groups in total. The second-order valence-electron chi connectivity index (χ2n) is 3.49. The minimum atomic E-state index is -0.263. The first kappa shape index (κ1) is 13.0. The summed E-state index contributed by atoms with van der Waals surface area (Å²) in [7, 11) is 0. The fourth-order valence-electron chi connectivity index (χ4n) is 1.35. The average molecular weight is 287 g/mol. The molecule has 1 aromatic heterocycles. The second-order valence-corrected chi connectivity index (χ2v) is 4.28. The van der Waals surface area contributed by atoms with Crippen LogP contribution in [0.1, 0.15) is 30.3 Å². The third-order valence-electron chi connectivity index (χ3n) is 2.30. The number of aromatic amines is 1. The molecule has 1 amide bonds. The van der Waals surface area contributed by atoms with Gasteiger partial charge in [-0.2, -0.15) is 0 Å². The third-order valence-corrected chi connectivity index (χ3v) is 2.76. The molecular weight excluding hydrogens is 272 g/mol. The van der Waals surface area contributed by atoms with Crippen molar-refractivity contribution in [1.82, 2.24) is 10.3 Å². The van der Waals surface area contributed by atoms with Gasteiger partial charge in [-0.25, -0.2) is 0 Å². The van der Waals surface area contributed by atoms with Gasteiger partial charge < -0.3 is 10.3 Å². The van der Waals surface area contributed by atoms with Crippen molar-refractivity contribution in [2.24, 2.45) is 0 Å². The van der Waals surface area contributed by atoms with Crippen molar-refractivity contribution in [3.63, 3.8) is 0 Å². The largest absolute Gasteiger partial charge is 0.348 e. The Morgan fingerprint density at radius 3 is 2.88 bits per heavy atom. The fraction of sp³-hybridized carbons (Fsp3) is 0.455. The minimum Gasteiger partial charge on any atom is -0.348 e. The molecule has 5 heteroatoms. The van der Waals surface area contributed by atoms with Gasteiger partial charge in [0.15, 0.2) is 0 Å². The highest BCUT2D eigenvalue weighted by atomic mass is 79.9. The Labute approximate surface area is 103 Å². The van der Waals surface area contributed by atoms with Crippen molar-refractivity contribution in [1.29, 1.82) is 0 Å². The molecule has 88 valence electrons. The van der Waals surface area contributed by atoms with Gasteiger partial charge in [-0.05, 0) is 18.9 Å². The number of alkyl halides is 1. The number of aromatic nitrogens is 1. The van der Waals surface area contributed by atoms with E-state index in [1.165, 1.54) is 6.07 Å². The molecule has 0 saturated heterocycles. The van der Waals surface area contributed by atoms with Gasteiger partial charge in [0.2, 0.25) is 5.56 Å². The van der Waals surface area contributed by atoms with Crippen LogP contribution in [0.3, 0.4) is 0 Å². The van der Waals surface area contributed by atoms with Crippen LogP contribution in [0.2, 0.25) is 0 Å². The molecule has 1 atom stereocenters. The van der Waals surface area contributed by atoms with Crippen LogP contribution >= 0.6 is 15.9 Å². The van der Waals surface area contributed by atoms with Gasteiger partial charge >= 0.3 is 0 Å². The lowest BCUT2D eigenvalue weighted by Crippen LogP contribution is -2.35. The first-order chi connectivity index (χ1) is 7.67. The van der Waals surface area contributed by atoms with E-state index in [9.17, 15) is 9.59 Å². The van der Waals surface area contributed by atoms with E-state index in [0.29, 0.717) is 5.69 Å². The van der Waals surface area contributed by atoms with Crippen LogP contribution in [0.15, 0.2) is 23.0 Å². The SMILES string of the molecule is CCC(CCBr)NC(=O)c1cccc(=O)[nH]1. The summed E-state index contributed by atoms with van der Waals surface area (Å²) in [6, 6.07) is 4.68. The van der Waals surface area contributed by atoms with Gasteiger partial charge in [0.05, 0.1) is 0 Å². The predicted molar refractivity (Wildman–Crippen MR) is 67.0 cm³/mol. The van der Waals surface area contributed by atoms with E-state index in [0.717, 1.165) is 18.2 Å². The smallest absolute Gasteiger partial charge is 0.268 e. The summed E-state index contributed by atoms with van der Waals surface area (Å²) in [6.07, 6.45) is 1.74. The highest BCUT2D eigenvalue weighted by Crippen LogP contribution is 2.02. The summed E-state index contributed by atoms with van der Waals surface area (Å²) >= 11 is 3.34. The van der Waals surface area contributed by atoms with Crippen molar-refractivity contribution < 1.29 is 4.79 Å². The minimum absolute atomic E-state index is 0.135. The van der Waals surface area contributed by atoms with E-state index in [1.54, 1.807) is 12.1 Å². The molecule has 1 rings (SSSR count). The monoisotopic (exact) mass is 286 g/mol. The molecule has 1 aromatic rings. The van der Waals surface area contributed by atoms with Gasteiger partial charge in [0.1, 0.15) is 5.69 Å². The first-order valence-corrected chi connectivity index (χ1v) is 6.35. The lowest BCUT2D eigenvalue weighted by Gasteiger charge is -2.15. The van der Waals surface area contributed by atoms with Gasteiger partial charge in [0, 0.05) is 17.4 Å². The van der Waals surface area contributed by atoms with Crippen LogP contribution in [-0.4, -0.2) is 22.3 Å². The van der Waals surface area contributed by atoms with E-state index in [1.807, 2.05) is 6.92 Å². The summed E-state index contributed by atoms with van der Waals surface area (Å²) in [6.45, 7) is 2.02. The molecular formula is C11H15BrN2O2. The molecule has 0 bridgehead atoms. The molecule has 4 nitrogen and oxygen atoms in total. The quantitative estimate of drug-likeness (QED) is 0.809. The first-order valence-electron chi connectivity index (χ1n) is 5.23. The van der Waals surface area contributed by atoms with E-state index >= 15 is 0 Å². The van der Waals surface area contributed by atoms with Crippen LogP contribution < -0.4 is 10.9 Å². The highest BCUT2D eigenvalue weighted by Gasteiger charge is 2.11. The number of pyridine rings is 1. The zero-order valence-electron chi connectivity index (χ0n) is 9.13. The number of amides is 1.